The van der Waals surface area contributed by atoms with Gasteiger partial charge in [0.15, 0.2) is 0 Å². The first-order valence-corrected chi connectivity index (χ1v) is 22.8. The van der Waals surface area contributed by atoms with Crippen molar-refractivity contribution in [3.8, 4) is 39.9 Å². The molecule has 0 saturated carbocycles. The Morgan fingerprint density at radius 2 is 0.776 bits per heavy atom. The van der Waals surface area contributed by atoms with Gasteiger partial charge in [-0.25, -0.2) is 0 Å². The zero-order chi connectivity index (χ0) is 44.3. The van der Waals surface area contributed by atoms with Gasteiger partial charge in [-0.3, -0.25) is 0 Å². The van der Waals surface area contributed by atoms with Crippen molar-refractivity contribution in [2.45, 2.75) is 6.92 Å². The van der Waals surface area contributed by atoms with Crippen LogP contribution in [0.5, 0.6) is 0 Å². The number of nitrogens with zero attached hydrogens (tertiary/aromatic N) is 5. The van der Waals surface area contributed by atoms with E-state index in [4.69, 9.17) is 0 Å². The van der Waals surface area contributed by atoms with Gasteiger partial charge in [0, 0.05) is 65.6 Å². The first kappa shape index (κ1) is 37.3. The topological polar surface area (TPSA) is 43.5 Å². The molecule has 5 heteroatoms. The lowest BCUT2D eigenvalue weighted by Crippen LogP contribution is -2.02. The van der Waals surface area contributed by atoms with E-state index in [-0.39, 0.29) is 0 Å². The molecule has 0 amide bonds. The molecule has 0 aliphatic heterocycles. The molecule has 5 nitrogen and oxygen atoms in total. The van der Waals surface area contributed by atoms with Crippen LogP contribution in [0.3, 0.4) is 0 Å². The Labute approximate surface area is 385 Å². The zero-order valence-corrected chi connectivity index (χ0v) is 36.5. The van der Waals surface area contributed by atoms with Crippen LogP contribution in [0.1, 0.15) is 11.1 Å². The molecule has 0 fully saturated rings. The summed E-state index contributed by atoms with van der Waals surface area (Å²) in [6, 6.07) is 81.2. The van der Waals surface area contributed by atoms with Gasteiger partial charge in [0.25, 0.3) is 0 Å². The summed E-state index contributed by atoms with van der Waals surface area (Å²) in [7, 11) is 0. The molecule has 67 heavy (non-hydrogen) atoms. The fourth-order valence-corrected chi connectivity index (χ4v) is 11.3. The lowest BCUT2D eigenvalue weighted by atomic mass is 9.97. The highest BCUT2D eigenvalue weighted by molar-refractivity contribution is 6.28. The maximum atomic E-state index is 10.6. The molecule has 14 aromatic rings. The summed E-state index contributed by atoms with van der Waals surface area (Å²) in [5.41, 5.74) is 17.2. The molecule has 312 valence electrons. The van der Waals surface area contributed by atoms with Crippen LogP contribution in [-0.2, 0) is 0 Å². The first-order chi connectivity index (χ1) is 33.2. The average molecular weight is 854 g/mol. The minimum absolute atomic E-state index is 0.606. The van der Waals surface area contributed by atoms with Crippen molar-refractivity contribution in [2.75, 3.05) is 0 Å². The minimum atomic E-state index is 0.606. The molecule has 10 aromatic carbocycles. The van der Waals surface area contributed by atoms with Crippen molar-refractivity contribution < 1.29 is 0 Å². The number of fused-ring (bicyclic) bond motifs is 14. The van der Waals surface area contributed by atoms with Crippen LogP contribution in [0.2, 0.25) is 0 Å². The summed E-state index contributed by atoms with van der Waals surface area (Å²) in [5.74, 6) is 0. The van der Waals surface area contributed by atoms with Crippen LogP contribution in [0.15, 0.2) is 218 Å². The molecule has 4 heterocycles. The van der Waals surface area contributed by atoms with Gasteiger partial charge in [-0.15, -0.1) is 0 Å². The average Bonchev–Trinajstić information content (AvgIpc) is 4.11. The summed E-state index contributed by atoms with van der Waals surface area (Å²) in [6.07, 6.45) is 0. The van der Waals surface area contributed by atoms with Crippen molar-refractivity contribution in [3.05, 3.63) is 230 Å². The van der Waals surface area contributed by atoms with Crippen LogP contribution in [0, 0.1) is 18.3 Å². The second-order valence-corrected chi connectivity index (χ2v) is 17.7. The quantitative estimate of drug-likeness (QED) is 0.170. The first-order valence-electron chi connectivity index (χ1n) is 22.8. The molecule has 0 N–H and O–H groups in total. The van der Waals surface area contributed by atoms with Crippen molar-refractivity contribution in [2.24, 2.45) is 0 Å². The summed E-state index contributed by atoms with van der Waals surface area (Å²) in [4.78, 5) is 0. The Hall–Kier alpha value is -9.11. The van der Waals surface area contributed by atoms with E-state index in [1.54, 1.807) is 0 Å². The number of nitriles is 1. The second kappa shape index (κ2) is 14.2. The molecule has 0 radical (unpaired) electrons. The summed E-state index contributed by atoms with van der Waals surface area (Å²) < 4.78 is 9.74. The predicted molar refractivity (Wildman–Crippen MR) is 279 cm³/mol. The van der Waals surface area contributed by atoms with Crippen LogP contribution < -0.4 is 0 Å². The van der Waals surface area contributed by atoms with Gasteiger partial charge in [-0.05, 0) is 97.4 Å². The number of rotatable bonds is 5. The zero-order valence-electron chi connectivity index (χ0n) is 36.5. The van der Waals surface area contributed by atoms with Crippen molar-refractivity contribution in [1.82, 2.24) is 18.3 Å². The maximum Gasteiger partial charge on any atom is 0.0991 e. The van der Waals surface area contributed by atoms with E-state index in [1.165, 1.54) is 65.2 Å². The van der Waals surface area contributed by atoms with Crippen molar-refractivity contribution in [1.29, 1.82) is 5.26 Å². The molecule has 0 spiro atoms. The van der Waals surface area contributed by atoms with E-state index in [9.17, 15) is 5.26 Å². The van der Waals surface area contributed by atoms with Crippen molar-refractivity contribution >= 4 is 87.2 Å². The lowest BCUT2D eigenvalue weighted by Gasteiger charge is -2.19. The van der Waals surface area contributed by atoms with E-state index < -0.39 is 0 Å². The van der Waals surface area contributed by atoms with Crippen molar-refractivity contribution in [3.63, 3.8) is 0 Å². The Morgan fingerprint density at radius 3 is 1.28 bits per heavy atom. The molecule has 0 atom stereocenters. The highest BCUT2D eigenvalue weighted by Gasteiger charge is 2.26. The summed E-state index contributed by atoms with van der Waals surface area (Å²) in [5, 5.41) is 20.2. The van der Waals surface area contributed by atoms with Gasteiger partial charge in [0.1, 0.15) is 0 Å². The standard InChI is InChI=1S/C62H39N5/c1-39-28-30-45(58(36-39)67-54-27-15-11-23-49(54)60-57(67)35-32-47-44-21-9-13-25-52(44)65(62(47)60)42-18-6-3-7-19-42)50-37-40(38-63)29-33-55(50)66-53-26-14-10-22-48(53)59-56(66)34-31-46-43-20-8-12-24-51(43)64(61(46)59)41-16-4-2-5-17-41/h2-37H,1H3. The molecule has 14 rings (SSSR count). The smallest absolute Gasteiger partial charge is 0.0991 e. The highest BCUT2D eigenvalue weighted by Crippen LogP contribution is 2.47. The third kappa shape index (κ3) is 5.24. The largest absolute Gasteiger partial charge is 0.309 e. The monoisotopic (exact) mass is 853 g/mol. The van der Waals surface area contributed by atoms with Gasteiger partial charge in [0.2, 0.25) is 0 Å². The number of benzene rings is 10. The molecular formula is C62H39N5. The van der Waals surface area contributed by atoms with E-state index in [2.05, 4.69) is 244 Å². The number of hydrogen-bond acceptors (Lipinski definition) is 1. The van der Waals surface area contributed by atoms with E-state index in [0.29, 0.717) is 5.56 Å². The maximum absolute atomic E-state index is 10.6. The van der Waals surface area contributed by atoms with Gasteiger partial charge >= 0.3 is 0 Å². The van der Waals surface area contributed by atoms with E-state index in [1.807, 2.05) is 6.07 Å². The third-order valence-corrected chi connectivity index (χ3v) is 14.0. The van der Waals surface area contributed by atoms with Crippen LogP contribution in [0.25, 0.3) is 121 Å². The highest BCUT2D eigenvalue weighted by atomic mass is 15.0. The fraction of sp³-hybridized carbons (Fsp3) is 0.0161. The lowest BCUT2D eigenvalue weighted by molar-refractivity contribution is 1.15. The van der Waals surface area contributed by atoms with Crippen LogP contribution >= 0.6 is 0 Å². The van der Waals surface area contributed by atoms with E-state index >= 15 is 0 Å². The second-order valence-electron chi connectivity index (χ2n) is 17.7. The molecule has 0 aliphatic carbocycles. The Balaban J connectivity index is 1.09. The minimum Gasteiger partial charge on any atom is -0.309 e. The number of aryl methyl sites for hydroxylation is 1. The molecule has 0 aliphatic rings. The van der Waals surface area contributed by atoms with Crippen LogP contribution in [-0.4, -0.2) is 18.3 Å². The Bertz CT molecular complexity index is 4400. The Morgan fingerprint density at radius 1 is 0.328 bits per heavy atom. The Kier molecular flexibility index (Phi) is 7.90. The molecule has 0 unspecified atom stereocenters. The summed E-state index contributed by atoms with van der Waals surface area (Å²) >= 11 is 0. The van der Waals surface area contributed by atoms with Gasteiger partial charge in [-0.2, -0.15) is 5.26 Å². The molecule has 4 aromatic heterocycles. The summed E-state index contributed by atoms with van der Waals surface area (Å²) in [6.45, 7) is 2.17. The fourth-order valence-electron chi connectivity index (χ4n) is 11.3. The molecule has 0 bridgehead atoms. The number of para-hydroxylation sites is 6. The van der Waals surface area contributed by atoms with Crippen LogP contribution in [0.4, 0.5) is 0 Å². The van der Waals surface area contributed by atoms with Gasteiger partial charge in [0.05, 0.1) is 67.1 Å². The number of hydrogen-bond donors (Lipinski definition) is 0. The van der Waals surface area contributed by atoms with Gasteiger partial charge < -0.3 is 18.3 Å². The SMILES string of the molecule is Cc1ccc(-c2cc(C#N)ccc2-n2c3ccccc3c3c2ccc2c4ccccc4n(-c4ccccc4)c23)c(-n2c3ccccc3c3c2ccc2c4ccccc4n(-c4ccccc4)c23)c1. The van der Waals surface area contributed by atoms with E-state index in [0.717, 1.165) is 61.5 Å². The van der Waals surface area contributed by atoms with Gasteiger partial charge in [-0.1, -0.05) is 133 Å². The third-order valence-electron chi connectivity index (χ3n) is 14.0. The normalized spacial score (nSPS) is 11.9. The number of aromatic nitrogens is 4. The predicted octanol–water partition coefficient (Wildman–Crippen LogP) is 15.9. The molecule has 0 saturated heterocycles. The molecular weight excluding hydrogens is 815 g/mol.